The van der Waals surface area contributed by atoms with Crippen LogP contribution in [0.1, 0.15) is 42.9 Å². The van der Waals surface area contributed by atoms with Crippen LogP contribution in [0.3, 0.4) is 0 Å². The Morgan fingerprint density at radius 1 is 1.12 bits per heavy atom. The van der Waals surface area contributed by atoms with Gasteiger partial charge in [-0.2, -0.15) is 0 Å². The Morgan fingerprint density at radius 2 is 1.82 bits per heavy atom. The first kappa shape index (κ1) is 23.4. The summed E-state index contributed by atoms with van der Waals surface area (Å²) in [5.41, 5.74) is 3.50. The highest BCUT2D eigenvalue weighted by molar-refractivity contribution is 7.99. The molecule has 0 saturated carbocycles. The van der Waals surface area contributed by atoms with Crippen LogP contribution in [-0.4, -0.2) is 37.6 Å². The molecule has 2 aromatic carbocycles. The maximum absolute atomic E-state index is 11.3. The molecule has 2 heterocycles. The van der Waals surface area contributed by atoms with Crippen molar-refractivity contribution in [3.8, 4) is 0 Å². The first-order valence-corrected chi connectivity index (χ1v) is 11.8. The second-order valence-electron chi connectivity index (χ2n) is 8.16. The van der Waals surface area contributed by atoms with E-state index in [9.17, 15) is 9.90 Å². The number of aromatic nitrogens is 3. The molecule has 4 atom stereocenters. The second kappa shape index (κ2) is 10.5. The number of aliphatic hydroxyl groups excluding tert-OH is 1. The fourth-order valence-corrected chi connectivity index (χ4v) is 4.85. The van der Waals surface area contributed by atoms with Crippen LogP contribution in [0, 0.1) is 5.92 Å². The number of hydrogen-bond donors (Lipinski definition) is 2. The number of aryl methyl sites for hydroxylation is 1. The van der Waals surface area contributed by atoms with Crippen molar-refractivity contribution >= 4 is 23.4 Å². The van der Waals surface area contributed by atoms with Gasteiger partial charge in [0.2, 0.25) is 5.91 Å². The van der Waals surface area contributed by atoms with E-state index in [1.54, 1.807) is 18.1 Å². The summed E-state index contributed by atoms with van der Waals surface area (Å²) in [7, 11) is 1.92. The predicted octanol–water partition coefficient (Wildman–Crippen LogP) is 3.85. The topological polar surface area (TPSA) is 98.5 Å². The molecule has 0 unspecified atom stereocenters. The van der Waals surface area contributed by atoms with Gasteiger partial charge >= 0.3 is 0 Å². The number of aliphatic hydroxyl groups is 1. The summed E-state index contributed by atoms with van der Waals surface area (Å²) in [5.74, 6) is 0.664. The van der Waals surface area contributed by atoms with Crippen molar-refractivity contribution in [1.29, 1.82) is 0 Å². The van der Waals surface area contributed by atoms with Crippen molar-refractivity contribution in [3.63, 3.8) is 0 Å². The van der Waals surface area contributed by atoms with Crippen LogP contribution in [0.4, 0.5) is 5.69 Å². The standard InChI is InChI=1S/C24H28N4O4S/c1-15-21(13-33-24-27-25-14-28(24)3)31-23(19-8-10-20(11-9-19)26-16(2)30)32-22(15)18-6-4-17(12-29)5-7-18/h4-11,14-15,21-23,29H,12-13H2,1-3H3,(H,26,30)/t15-,21+,22+,23+/m1/s1. The van der Waals surface area contributed by atoms with E-state index < -0.39 is 6.29 Å². The Hall–Kier alpha value is -2.72. The minimum absolute atomic E-state index is 0.00467. The molecule has 1 fully saturated rings. The highest BCUT2D eigenvalue weighted by Crippen LogP contribution is 2.43. The third-order valence-corrected chi connectivity index (χ3v) is 6.80. The SMILES string of the molecule is CC(=O)Nc1ccc([C@H]2O[C@@H](CSc3nncn3C)[C@@H](C)[C@@H](c3ccc(CO)cc3)O2)cc1. The Kier molecular flexibility index (Phi) is 7.44. The number of thioether (sulfide) groups is 1. The van der Waals surface area contributed by atoms with Crippen LogP contribution >= 0.6 is 11.8 Å². The molecule has 4 rings (SSSR count). The van der Waals surface area contributed by atoms with E-state index in [2.05, 4.69) is 22.4 Å². The molecular formula is C24H28N4O4S. The van der Waals surface area contributed by atoms with E-state index in [1.807, 2.05) is 60.1 Å². The van der Waals surface area contributed by atoms with Gasteiger partial charge in [-0.05, 0) is 23.3 Å². The first-order chi connectivity index (χ1) is 15.9. The van der Waals surface area contributed by atoms with Gasteiger partial charge in [0.05, 0.1) is 18.8 Å². The summed E-state index contributed by atoms with van der Waals surface area (Å²) in [6.07, 6.45) is 0.849. The van der Waals surface area contributed by atoms with Crippen molar-refractivity contribution in [3.05, 3.63) is 71.5 Å². The van der Waals surface area contributed by atoms with Crippen LogP contribution in [0.5, 0.6) is 0 Å². The van der Waals surface area contributed by atoms with Crippen molar-refractivity contribution in [2.75, 3.05) is 11.1 Å². The molecule has 1 aromatic heterocycles. The fraction of sp³-hybridized carbons (Fsp3) is 0.375. The zero-order chi connectivity index (χ0) is 23.4. The summed E-state index contributed by atoms with van der Waals surface area (Å²) in [4.78, 5) is 11.3. The normalized spacial score (nSPS) is 22.8. The number of nitrogens with zero attached hydrogens (tertiary/aromatic N) is 3. The molecule has 3 aromatic rings. The number of anilines is 1. The van der Waals surface area contributed by atoms with Crippen molar-refractivity contribution < 1.29 is 19.4 Å². The number of benzene rings is 2. The van der Waals surface area contributed by atoms with E-state index >= 15 is 0 Å². The Balaban J connectivity index is 1.57. The lowest BCUT2D eigenvalue weighted by Gasteiger charge is -2.41. The van der Waals surface area contributed by atoms with Gasteiger partial charge in [0.1, 0.15) is 6.33 Å². The maximum Gasteiger partial charge on any atom is 0.221 e. The van der Waals surface area contributed by atoms with Gasteiger partial charge in [0.25, 0.3) is 0 Å². The number of hydrogen-bond acceptors (Lipinski definition) is 7. The highest BCUT2D eigenvalue weighted by Gasteiger charge is 2.38. The van der Waals surface area contributed by atoms with Crippen molar-refractivity contribution in [1.82, 2.24) is 14.8 Å². The van der Waals surface area contributed by atoms with E-state index in [0.717, 1.165) is 27.5 Å². The summed E-state index contributed by atoms with van der Waals surface area (Å²) >= 11 is 1.60. The van der Waals surface area contributed by atoms with E-state index in [0.29, 0.717) is 5.75 Å². The van der Waals surface area contributed by atoms with Crippen molar-refractivity contribution in [2.24, 2.45) is 13.0 Å². The lowest BCUT2D eigenvalue weighted by molar-refractivity contribution is -0.268. The Bertz CT molecular complexity index is 1070. The monoisotopic (exact) mass is 468 g/mol. The molecule has 1 aliphatic heterocycles. The lowest BCUT2D eigenvalue weighted by Crippen LogP contribution is -2.38. The van der Waals surface area contributed by atoms with Crippen LogP contribution in [0.15, 0.2) is 60.0 Å². The van der Waals surface area contributed by atoms with E-state index in [1.165, 1.54) is 6.92 Å². The fourth-order valence-electron chi connectivity index (χ4n) is 3.80. The van der Waals surface area contributed by atoms with Gasteiger partial charge in [0.15, 0.2) is 11.4 Å². The number of nitrogens with one attached hydrogen (secondary N) is 1. The zero-order valence-electron chi connectivity index (χ0n) is 18.8. The van der Waals surface area contributed by atoms with Gasteiger partial charge in [-0.15, -0.1) is 10.2 Å². The molecule has 0 aliphatic carbocycles. The van der Waals surface area contributed by atoms with E-state index in [-0.39, 0.29) is 30.6 Å². The van der Waals surface area contributed by atoms with Gasteiger partial charge in [-0.1, -0.05) is 55.1 Å². The van der Waals surface area contributed by atoms with Gasteiger partial charge in [-0.25, -0.2) is 0 Å². The van der Waals surface area contributed by atoms with Gasteiger partial charge in [0, 0.05) is 36.9 Å². The molecule has 0 bridgehead atoms. The average molecular weight is 469 g/mol. The quantitative estimate of drug-likeness (QED) is 0.508. The molecule has 33 heavy (non-hydrogen) atoms. The number of carbonyl (C=O) groups excluding carboxylic acids is 1. The molecule has 0 spiro atoms. The lowest BCUT2D eigenvalue weighted by atomic mass is 9.91. The molecule has 1 saturated heterocycles. The van der Waals surface area contributed by atoms with Crippen molar-refractivity contribution in [2.45, 2.75) is 44.1 Å². The molecule has 8 nitrogen and oxygen atoms in total. The first-order valence-electron chi connectivity index (χ1n) is 10.8. The molecule has 174 valence electrons. The smallest absolute Gasteiger partial charge is 0.221 e. The predicted molar refractivity (Wildman–Crippen MR) is 125 cm³/mol. The molecule has 0 radical (unpaired) electrons. The minimum Gasteiger partial charge on any atom is -0.392 e. The highest BCUT2D eigenvalue weighted by atomic mass is 32.2. The molecule has 9 heteroatoms. The Morgan fingerprint density at radius 3 is 2.42 bits per heavy atom. The summed E-state index contributed by atoms with van der Waals surface area (Å²) in [5, 5.41) is 21.1. The molecule has 1 amide bonds. The van der Waals surface area contributed by atoms with Crippen LogP contribution < -0.4 is 5.32 Å². The maximum atomic E-state index is 11.3. The average Bonchev–Trinajstić information content (AvgIpc) is 3.23. The Labute approximate surface area is 197 Å². The van der Waals surface area contributed by atoms with Crippen LogP contribution in [0.25, 0.3) is 0 Å². The van der Waals surface area contributed by atoms with Gasteiger partial charge in [-0.3, -0.25) is 4.79 Å². The zero-order valence-corrected chi connectivity index (χ0v) is 19.7. The largest absolute Gasteiger partial charge is 0.392 e. The third-order valence-electron chi connectivity index (χ3n) is 5.67. The molecular weight excluding hydrogens is 440 g/mol. The van der Waals surface area contributed by atoms with Gasteiger partial charge < -0.3 is 24.5 Å². The van der Waals surface area contributed by atoms with E-state index in [4.69, 9.17) is 9.47 Å². The summed E-state index contributed by atoms with van der Waals surface area (Å²) in [6, 6.07) is 15.3. The third kappa shape index (κ3) is 5.62. The number of amides is 1. The summed E-state index contributed by atoms with van der Waals surface area (Å²) in [6.45, 7) is 3.61. The minimum atomic E-state index is -0.555. The molecule has 2 N–H and O–H groups in total. The molecule has 1 aliphatic rings. The number of ether oxygens (including phenoxy) is 2. The van der Waals surface area contributed by atoms with Crippen LogP contribution in [-0.2, 0) is 27.9 Å². The number of carbonyl (C=O) groups is 1. The van der Waals surface area contributed by atoms with Crippen LogP contribution in [0.2, 0.25) is 0 Å². The number of rotatable bonds is 7. The summed E-state index contributed by atoms with van der Waals surface area (Å²) < 4.78 is 14.7. The second-order valence-corrected chi connectivity index (χ2v) is 9.15.